The average Bonchev–Trinajstić information content (AvgIpc) is 3.13. The summed E-state index contributed by atoms with van der Waals surface area (Å²) >= 11 is 1.48. The second-order valence-corrected chi connectivity index (χ2v) is 10.3. The minimum Gasteiger partial charge on any atom is -0.508 e. The van der Waals surface area contributed by atoms with Gasteiger partial charge in [-0.25, -0.2) is 4.79 Å². The van der Waals surface area contributed by atoms with E-state index in [0.717, 1.165) is 31.4 Å². The Bertz CT molecular complexity index is 1010. The normalized spacial score (nSPS) is 13.3. The molecule has 0 bridgehead atoms. The van der Waals surface area contributed by atoms with Gasteiger partial charge in [0.25, 0.3) is 0 Å². The van der Waals surface area contributed by atoms with Gasteiger partial charge >= 0.3 is 5.97 Å². The van der Waals surface area contributed by atoms with Gasteiger partial charge < -0.3 is 20.5 Å². The molecule has 0 aliphatic heterocycles. The van der Waals surface area contributed by atoms with E-state index in [9.17, 15) is 19.8 Å². The molecule has 7 heteroatoms. The highest BCUT2D eigenvalue weighted by Crippen LogP contribution is 2.18. The van der Waals surface area contributed by atoms with Crippen molar-refractivity contribution in [3.05, 3.63) is 76.4 Å². The standard InChI is InChI=1S/C29H42N2O4S/c1-7-25(32)17-26-23(6)30-18-24(26)16-28(33)31-27(29(34)35)19-36-15-14-22(5)13-9-12-21(4)11-8-10-20(2)3/h7,10,12,14,17-18,27,30,32H,1,8-9,11,13,15-16,19H2,2-6H3,(H,31,33)(H,34,35)/b21-12+,22-14+,25-17+/t27-/m0/s1. The number of aliphatic carboxylic acids is 1. The van der Waals surface area contributed by atoms with Crippen LogP contribution in [0.25, 0.3) is 6.08 Å². The number of hydrogen-bond donors (Lipinski definition) is 4. The lowest BCUT2D eigenvalue weighted by Gasteiger charge is -2.14. The molecule has 4 N–H and O–H groups in total. The third kappa shape index (κ3) is 12.7. The maximum Gasteiger partial charge on any atom is 0.327 e. The summed E-state index contributed by atoms with van der Waals surface area (Å²) < 4.78 is 0. The lowest BCUT2D eigenvalue weighted by Crippen LogP contribution is -2.43. The molecule has 0 saturated heterocycles. The van der Waals surface area contributed by atoms with Crippen molar-refractivity contribution in [2.24, 2.45) is 0 Å². The number of aliphatic hydroxyl groups is 1. The van der Waals surface area contributed by atoms with Crippen molar-refractivity contribution in [2.75, 3.05) is 11.5 Å². The molecule has 0 aliphatic carbocycles. The fraction of sp³-hybridized carbons (Fsp3) is 0.448. The number of hydrogen-bond acceptors (Lipinski definition) is 4. The zero-order chi connectivity index (χ0) is 27.1. The molecule has 0 aromatic carbocycles. The van der Waals surface area contributed by atoms with Gasteiger partial charge in [-0.1, -0.05) is 41.5 Å². The number of carbonyl (C=O) groups is 2. The molecule has 1 aromatic heterocycles. The molecule has 1 aromatic rings. The molecule has 1 amide bonds. The van der Waals surface area contributed by atoms with Crippen molar-refractivity contribution in [2.45, 2.75) is 72.8 Å². The quantitative estimate of drug-likeness (QED) is 0.0854. The van der Waals surface area contributed by atoms with E-state index >= 15 is 0 Å². The van der Waals surface area contributed by atoms with Crippen LogP contribution in [0.4, 0.5) is 0 Å². The number of nitrogens with one attached hydrogen (secondary N) is 2. The number of aryl methyl sites for hydroxylation is 1. The monoisotopic (exact) mass is 514 g/mol. The first-order valence-corrected chi connectivity index (χ1v) is 13.4. The van der Waals surface area contributed by atoms with Crippen LogP contribution in [0, 0.1) is 6.92 Å². The number of aromatic nitrogens is 1. The van der Waals surface area contributed by atoms with E-state index in [1.807, 2.05) is 6.92 Å². The molecule has 36 heavy (non-hydrogen) atoms. The van der Waals surface area contributed by atoms with Gasteiger partial charge in [0.2, 0.25) is 5.91 Å². The Morgan fingerprint density at radius 1 is 1.08 bits per heavy atom. The fourth-order valence-electron chi connectivity index (χ4n) is 3.46. The van der Waals surface area contributed by atoms with Crippen molar-refractivity contribution >= 4 is 29.7 Å². The average molecular weight is 515 g/mol. The highest BCUT2D eigenvalue weighted by atomic mass is 32.2. The van der Waals surface area contributed by atoms with Crippen LogP contribution in [-0.2, 0) is 16.0 Å². The zero-order valence-corrected chi connectivity index (χ0v) is 23.1. The number of thioether (sulfide) groups is 1. The van der Waals surface area contributed by atoms with Crippen LogP contribution in [0.5, 0.6) is 0 Å². The van der Waals surface area contributed by atoms with Crippen LogP contribution >= 0.6 is 11.8 Å². The molecule has 0 spiro atoms. The van der Waals surface area contributed by atoms with Gasteiger partial charge in [-0.15, -0.1) is 0 Å². The van der Waals surface area contributed by atoms with E-state index in [-0.39, 0.29) is 23.8 Å². The fourth-order valence-corrected chi connectivity index (χ4v) is 4.46. The van der Waals surface area contributed by atoms with E-state index in [1.165, 1.54) is 40.6 Å². The number of amides is 1. The summed E-state index contributed by atoms with van der Waals surface area (Å²) in [5, 5.41) is 21.9. The van der Waals surface area contributed by atoms with Crippen LogP contribution in [0.3, 0.4) is 0 Å². The van der Waals surface area contributed by atoms with E-state index in [4.69, 9.17) is 0 Å². The second kappa shape index (κ2) is 16.7. The van der Waals surface area contributed by atoms with Gasteiger partial charge in [-0.3, -0.25) is 4.79 Å². The number of carboxylic acids is 1. The number of aromatic amines is 1. The van der Waals surface area contributed by atoms with E-state index in [2.05, 4.69) is 62.8 Å². The number of carboxylic acid groups (broad SMARTS) is 1. The van der Waals surface area contributed by atoms with Crippen LogP contribution in [0.15, 0.2) is 59.6 Å². The van der Waals surface area contributed by atoms with Crippen LogP contribution in [-0.4, -0.2) is 44.6 Å². The molecular formula is C29H42N2O4S. The summed E-state index contributed by atoms with van der Waals surface area (Å²) in [6.07, 6.45) is 15.4. The Kier molecular flexibility index (Phi) is 14.4. The number of aliphatic hydroxyl groups excluding tert-OH is 1. The Balaban J connectivity index is 2.51. The SMILES string of the molecule is C=C/C(O)=C\c1c(CC(=O)N[C@@H](CSC/C=C(\C)CC/C=C(\C)CCC=C(C)C)C(=O)O)c[nH]c1C. The maximum atomic E-state index is 12.5. The van der Waals surface area contributed by atoms with Crippen LogP contribution in [0.1, 0.15) is 70.2 Å². The largest absolute Gasteiger partial charge is 0.508 e. The number of H-pyrrole nitrogens is 1. The molecule has 0 aliphatic rings. The number of allylic oxidation sites excluding steroid dienone is 6. The molecule has 6 nitrogen and oxygen atoms in total. The smallest absolute Gasteiger partial charge is 0.327 e. The van der Waals surface area contributed by atoms with Gasteiger partial charge in [0.15, 0.2) is 0 Å². The molecule has 0 saturated carbocycles. The van der Waals surface area contributed by atoms with Crippen molar-refractivity contribution in [1.82, 2.24) is 10.3 Å². The minimum absolute atomic E-state index is 0.00635. The van der Waals surface area contributed by atoms with Gasteiger partial charge in [0, 0.05) is 29.0 Å². The molecule has 0 fully saturated rings. The van der Waals surface area contributed by atoms with E-state index in [0.29, 0.717) is 16.9 Å². The predicted octanol–water partition coefficient (Wildman–Crippen LogP) is 6.67. The first-order valence-electron chi connectivity index (χ1n) is 12.3. The summed E-state index contributed by atoms with van der Waals surface area (Å²) in [6, 6.07) is -0.969. The lowest BCUT2D eigenvalue weighted by molar-refractivity contribution is -0.141. The van der Waals surface area contributed by atoms with Crippen LogP contribution < -0.4 is 5.32 Å². The molecule has 0 radical (unpaired) electrons. The molecule has 1 heterocycles. The van der Waals surface area contributed by atoms with Gasteiger partial charge in [-0.2, -0.15) is 11.8 Å². The Morgan fingerprint density at radius 2 is 1.72 bits per heavy atom. The highest BCUT2D eigenvalue weighted by molar-refractivity contribution is 7.99. The summed E-state index contributed by atoms with van der Waals surface area (Å²) in [5.41, 5.74) is 6.21. The first kappa shape index (κ1) is 31.1. The third-order valence-corrected chi connectivity index (χ3v) is 6.63. The van der Waals surface area contributed by atoms with Crippen molar-refractivity contribution in [1.29, 1.82) is 0 Å². The first-order chi connectivity index (χ1) is 17.0. The second-order valence-electron chi connectivity index (χ2n) is 9.26. The van der Waals surface area contributed by atoms with Crippen molar-refractivity contribution in [3.63, 3.8) is 0 Å². The van der Waals surface area contributed by atoms with E-state index in [1.54, 1.807) is 6.20 Å². The van der Waals surface area contributed by atoms with E-state index < -0.39 is 12.0 Å². The molecule has 198 valence electrons. The zero-order valence-electron chi connectivity index (χ0n) is 22.3. The summed E-state index contributed by atoms with van der Waals surface area (Å²) in [5.74, 6) is -0.465. The summed E-state index contributed by atoms with van der Waals surface area (Å²) in [6.45, 7) is 13.9. The van der Waals surface area contributed by atoms with Gasteiger partial charge in [-0.05, 0) is 78.0 Å². The van der Waals surface area contributed by atoms with Crippen molar-refractivity contribution in [3.8, 4) is 0 Å². The molecule has 1 atom stereocenters. The summed E-state index contributed by atoms with van der Waals surface area (Å²) in [4.78, 5) is 27.2. The minimum atomic E-state index is -1.06. The van der Waals surface area contributed by atoms with Crippen LogP contribution in [0.2, 0.25) is 0 Å². The molecule has 0 unspecified atom stereocenters. The van der Waals surface area contributed by atoms with Gasteiger partial charge in [0.1, 0.15) is 11.8 Å². The van der Waals surface area contributed by atoms with Crippen molar-refractivity contribution < 1.29 is 19.8 Å². The Morgan fingerprint density at radius 3 is 2.33 bits per heavy atom. The maximum absolute atomic E-state index is 12.5. The number of rotatable bonds is 16. The topological polar surface area (TPSA) is 102 Å². The molecule has 1 rings (SSSR count). The third-order valence-electron chi connectivity index (χ3n) is 5.66. The Hall–Kier alpha value is -2.93. The Labute approximate surface area is 220 Å². The van der Waals surface area contributed by atoms with Gasteiger partial charge in [0.05, 0.1) is 6.42 Å². The molecular weight excluding hydrogens is 472 g/mol. The summed E-state index contributed by atoms with van der Waals surface area (Å²) in [7, 11) is 0. The predicted molar refractivity (Wildman–Crippen MR) is 152 cm³/mol. The number of carbonyl (C=O) groups excluding carboxylic acids is 1. The lowest BCUT2D eigenvalue weighted by atomic mass is 10.1. The highest BCUT2D eigenvalue weighted by Gasteiger charge is 2.21.